The lowest BCUT2D eigenvalue weighted by Gasteiger charge is -2.07. The van der Waals surface area contributed by atoms with Crippen molar-refractivity contribution in [2.75, 3.05) is 19.5 Å². The van der Waals surface area contributed by atoms with Crippen molar-refractivity contribution in [2.24, 2.45) is 10.7 Å². The van der Waals surface area contributed by atoms with Crippen molar-refractivity contribution in [3.8, 4) is 5.75 Å². The van der Waals surface area contributed by atoms with Gasteiger partial charge in [0.25, 0.3) is 0 Å². The first-order valence-electron chi connectivity index (χ1n) is 7.09. The molecule has 0 spiro atoms. The zero-order valence-corrected chi connectivity index (χ0v) is 13.2. The molecule has 0 radical (unpaired) electrons. The number of aliphatic imine (C=N–C) groups is 1. The number of hydrogen-bond donors (Lipinski definition) is 2. The van der Waals surface area contributed by atoms with Crippen molar-refractivity contribution in [2.45, 2.75) is 13.2 Å². The monoisotopic (exact) mass is 317 g/mol. The van der Waals surface area contributed by atoms with Crippen LogP contribution in [0.15, 0.2) is 47.5 Å². The highest BCUT2D eigenvalue weighted by Gasteiger charge is 2.03. The lowest BCUT2D eigenvalue weighted by Crippen LogP contribution is -2.22. The summed E-state index contributed by atoms with van der Waals surface area (Å²) in [5, 5.41) is 2.99. The van der Waals surface area contributed by atoms with E-state index in [0.717, 1.165) is 17.0 Å². The summed E-state index contributed by atoms with van der Waals surface area (Å²) in [7, 11) is 3.14. The zero-order valence-electron chi connectivity index (χ0n) is 13.2. The van der Waals surface area contributed by atoms with Crippen LogP contribution in [0, 0.1) is 5.82 Å². The molecule has 0 saturated carbocycles. The molecule has 3 N–H and O–H groups in total. The Labute approximate surface area is 134 Å². The maximum Gasteiger partial charge on any atom is 0.193 e. The Morgan fingerprint density at radius 2 is 1.91 bits per heavy atom. The number of nitrogens with zero attached hydrogens (tertiary/aromatic N) is 1. The van der Waals surface area contributed by atoms with Crippen LogP contribution >= 0.6 is 0 Å². The van der Waals surface area contributed by atoms with Gasteiger partial charge in [-0.25, -0.2) is 9.38 Å². The van der Waals surface area contributed by atoms with Crippen LogP contribution < -0.4 is 15.8 Å². The van der Waals surface area contributed by atoms with Crippen molar-refractivity contribution in [1.29, 1.82) is 0 Å². The molecule has 0 unspecified atom stereocenters. The van der Waals surface area contributed by atoms with Crippen molar-refractivity contribution in [3.63, 3.8) is 0 Å². The van der Waals surface area contributed by atoms with E-state index in [1.54, 1.807) is 19.2 Å². The largest absolute Gasteiger partial charge is 0.497 e. The lowest BCUT2D eigenvalue weighted by atomic mass is 10.1. The summed E-state index contributed by atoms with van der Waals surface area (Å²) in [5.41, 5.74) is 8.03. The fraction of sp³-hybridized carbons (Fsp3) is 0.235. The fourth-order valence-corrected chi connectivity index (χ4v) is 2.03. The summed E-state index contributed by atoms with van der Waals surface area (Å²) in [5.74, 6) is 0.764. The van der Waals surface area contributed by atoms with E-state index in [4.69, 9.17) is 15.2 Å². The zero-order chi connectivity index (χ0) is 16.7. The second kappa shape index (κ2) is 8.14. The van der Waals surface area contributed by atoms with E-state index in [2.05, 4.69) is 10.3 Å². The van der Waals surface area contributed by atoms with E-state index < -0.39 is 0 Å². The van der Waals surface area contributed by atoms with Gasteiger partial charge in [-0.05, 0) is 42.0 Å². The number of anilines is 1. The average molecular weight is 317 g/mol. The van der Waals surface area contributed by atoms with E-state index in [0.29, 0.717) is 12.1 Å². The molecule has 0 aromatic heterocycles. The predicted octanol–water partition coefficient (Wildman–Crippen LogP) is 2.91. The molecule has 0 atom stereocenters. The molecule has 2 aromatic rings. The summed E-state index contributed by atoms with van der Waals surface area (Å²) in [6, 6.07) is 12.2. The third-order valence-electron chi connectivity index (χ3n) is 3.20. The molecule has 0 aliphatic carbocycles. The predicted molar refractivity (Wildman–Crippen MR) is 89.1 cm³/mol. The van der Waals surface area contributed by atoms with Crippen LogP contribution in [0.2, 0.25) is 0 Å². The maximum atomic E-state index is 13.5. The van der Waals surface area contributed by atoms with Crippen molar-refractivity contribution >= 4 is 11.6 Å². The Hall–Kier alpha value is -2.60. The van der Waals surface area contributed by atoms with Crippen LogP contribution in [0.5, 0.6) is 5.75 Å². The van der Waals surface area contributed by atoms with E-state index in [-0.39, 0.29) is 18.4 Å². The highest BCUT2D eigenvalue weighted by molar-refractivity contribution is 5.92. The van der Waals surface area contributed by atoms with Gasteiger partial charge >= 0.3 is 0 Å². The molecule has 5 nitrogen and oxygen atoms in total. The first-order valence-corrected chi connectivity index (χ1v) is 7.09. The van der Waals surface area contributed by atoms with Gasteiger partial charge in [0, 0.05) is 18.4 Å². The smallest absolute Gasteiger partial charge is 0.193 e. The molecule has 0 bridgehead atoms. The van der Waals surface area contributed by atoms with Crippen LogP contribution in [0.1, 0.15) is 11.1 Å². The minimum absolute atomic E-state index is 0.225. The number of methoxy groups -OCH3 is 2. The molecule has 0 heterocycles. The van der Waals surface area contributed by atoms with Gasteiger partial charge in [0.2, 0.25) is 0 Å². The molecule has 122 valence electrons. The third kappa shape index (κ3) is 4.96. The summed E-state index contributed by atoms with van der Waals surface area (Å²) >= 11 is 0. The van der Waals surface area contributed by atoms with Gasteiger partial charge in [-0.15, -0.1) is 0 Å². The van der Waals surface area contributed by atoms with Crippen molar-refractivity contribution < 1.29 is 13.9 Å². The van der Waals surface area contributed by atoms with E-state index in [1.807, 2.05) is 24.3 Å². The topological polar surface area (TPSA) is 68.9 Å². The standard InChI is InChI=1S/C17H20FN3O2/c1-22-11-13-9-12(3-8-16(13)18)10-20-17(19)21-14-4-6-15(23-2)7-5-14/h3-9H,10-11H2,1-2H3,(H3,19,20,21). The minimum Gasteiger partial charge on any atom is -0.497 e. The van der Waals surface area contributed by atoms with Gasteiger partial charge in [-0.2, -0.15) is 0 Å². The molecule has 2 aromatic carbocycles. The molecule has 23 heavy (non-hydrogen) atoms. The normalized spacial score (nSPS) is 11.3. The summed E-state index contributed by atoms with van der Waals surface area (Å²) in [6.07, 6.45) is 0. The van der Waals surface area contributed by atoms with Gasteiger partial charge in [-0.3, -0.25) is 0 Å². The molecule has 0 amide bonds. The minimum atomic E-state index is -0.288. The molecule has 0 aliphatic heterocycles. The molecule has 0 aliphatic rings. The number of benzene rings is 2. The van der Waals surface area contributed by atoms with Crippen molar-refractivity contribution in [1.82, 2.24) is 0 Å². The van der Waals surface area contributed by atoms with Gasteiger partial charge in [0.1, 0.15) is 11.6 Å². The molecule has 6 heteroatoms. The summed E-state index contributed by atoms with van der Waals surface area (Å²) < 4.78 is 23.6. The third-order valence-corrected chi connectivity index (χ3v) is 3.20. The van der Waals surface area contributed by atoms with Crippen LogP contribution in [0.4, 0.5) is 10.1 Å². The molecular formula is C17H20FN3O2. The number of halogens is 1. The number of hydrogen-bond acceptors (Lipinski definition) is 3. The maximum absolute atomic E-state index is 13.5. The van der Waals surface area contributed by atoms with E-state index >= 15 is 0 Å². The SMILES string of the molecule is COCc1cc(CN=C(N)Nc2ccc(OC)cc2)ccc1F. The molecule has 2 rings (SSSR count). The Balaban J connectivity index is 1.99. The fourth-order valence-electron chi connectivity index (χ4n) is 2.03. The molecule has 0 fully saturated rings. The molecule has 0 saturated heterocycles. The van der Waals surface area contributed by atoms with E-state index in [1.165, 1.54) is 13.2 Å². The second-order valence-electron chi connectivity index (χ2n) is 4.91. The van der Waals surface area contributed by atoms with Crippen LogP contribution in [-0.2, 0) is 17.9 Å². The van der Waals surface area contributed by atoms with Crippen LogP contribution in [0.3, 0.4) is 0 Å². The lowest BCUT2D eigenvalue weighted by molar-refractivity contribution is 0.181. The number of guanidine groups is 1. The van der Waals surface area contributed by atoms with Crippen LogP contribution in [-0.4, -0.2) is 20.2 Å². The Kier molecular flexibility index (Phi) is 5.94. The number of nitrogens with two attached hydrogens (primary N) is 1. The van der Waals surface area contributed by atoms with E-state index in [9.17, 15) is 4.39 Å². The van der Waals surface area contributed by atoms with Gasteiger partial charge in [0.15, 0.2) is 5.96 Å². The molecular weight excluding hydrogens is 297 g/mol. The first-order chi connectivity index (χ1) is 11.1. The van der Waals surface area contributed by atoms with Crippen molar-refractivity contribution in [3.05, 3.63) is 59.4 Å². The Morgan fingerprint density at radius 1 is 1.17 bits per heavy atom. The summed E-state index contributed by atoms with van der Waals surface area (Å²) in [4.78, 5) is 4.25. The van der Waals surface area contributed by atoms with Crippen LogP contribution in [0.25, 0.3) is 0 Å². The van der Waals surface area contributed by atoms with Gasteiger partial charge in [0.05, 0.1) is 20.3 Å². The number of ether oxygens (including phenoxy) is 2. The highest BCUT2D eigenvalue weighted by atomic mass is 19.1. The summed E-state index contributed by atoms with van der Waals surface area (Å²) in [6.45, 7) is 0.578. The Bertz CT molecular complexity index is 672. The quantitative estimate of drug-likeness (QED) is 0.635. The van der Waals surface area contributed by atoms with Gasteiger partial charge in [-0.1, -0.05) is 6.07 Å². The Morgan fingerprint density at radius 3 is 2.57 bits per heavy atom. The highest BCUT2D eigenvalue weighted by Crippen LogP contribution is 2.15. The number of nitrogens with one attached hydrogen (secondary N) is 1. The first kappa shape index (κ1) is 16.8. The number of rotatable bonds is 6. The van der Waals surface area contributed by atoms with Gasteiger partial charge < -0.3 is 20.5 Å². The average Bonchev–Trinajstić information content (AvgIpc) is 2.56. The second-order valence-corrected chi connectivity index (χ2v) is 4.91.